The molecule has 0 saturated heterocycles. The highest BCUT2D eigenvalue weighted by molar-refractivity contribution is 5.81. The first-order valence-corrected chi connectivity index (χ1v) is 9.75. The smallest absolute Gasteiger partial charge is 0.330 e. The van der Waals surface area contributed by atoms with Crippen LogP contribution in [0, 0.1) is 0 Å². The molecule has 0 aliphatic heterocycles. The van der Waals surface area contributed by atoms with E-state index in [1.807, 2.05) is 20.8 Å². The molecule has 0 fully saturated rings. The molecule has 0 aromatic rings. The summed E-state index contributed by atoms with van der Waals surface area (Å²) in [7, 11) is 0. The summed E-state index contributed by atoms with van der Waals surface area (Å²) < 4.78 is 36.5. The van der Waals surface area contributed by atoms with Gasteiger partial charge < -0.3 is 33.2 Å². The van der Waals surface area contributed by atoms with E-state index in [0.29, 0.717) is 66.1 Å². The van der Waals surface area contributed by atoms with Crippen molar-refractivity contribution in [1.29, 1.82) is 0 Å². The molecule has 0 aromatic carbocycles. The zero-order chi connectivity index (χ0) is 21.8. The molecule has 0 aliphatic carbocycles. The van der Waals surface area contributed by atoms with E-state index in [1.54, 1.807) is 0 Å². The molecule has 0 radical (unpaired) electrons. The minimum absolute atomic E-state index is 0.197. The molecule has 170 valence electrons. The number of hydrogen-bond donors (Lipinski definition) is 0. The summed E-state index contributed by atoms with van der Waals surface area (Å²) in [6.45, 7) is 13.2. The second-order valence-electron chi connectivity index (χ2n) is 6.77. The maximum absolute atomic E-state index is 11.5. The number of carbonyl (C=O) groups is 2. The Balaban J connectivity index is 3.16. The van der Waals surface area contributed by atoms with Crippen LogP contribution < -0.4 is 0 Å². The van der Waals surface area contributed by atoms with Gasteiger partial charge in [-0.05, 0) is 20.8 Å². The predicted octanol–water partition coefficient (Wildman–Crippen LogP) is 1.53. The Hall–Kier alpha value is -1.52. The van der Waals surface area contributed by atoms with Gasteiger partial charge in [0, 0.05) is 6.08 Å². The molecule has 0 aliphatic rings. The number of carbonyl (C=O) groups excluding carboxylic acids is 2. The van der Waals surface area contributed by atoms with Crippen LogP contribution in [-0.2, 0) is 42.7 Å². The van der Waals surface area contributed by atoms with Crippen molar-refractivity contribution >= 4 is 11.9 Å². The highest BCUT2D eigenvalue weighted by Crippen LogP contribution is 2.07. The highest BCUT2D eigenvalue weighted by atomic mass is 16.6. The van der Waals surface area contributed by atoms with Crippen molar-refractivity contribution in [2.24, 2.45) is 0 Å². The summed E-state index contributed by atoms with van der Waals surface area (Å²) in [6, 6.07) is 0. The lowest BCUT2D eigenvalue weighted by molar-refractivity contribution is -0.156. The van der Waals surface area contributed by atoms with E-state index in [9.17, 15) is 9.59 Å². The zero-order valence-electron chi connectivity index (χ0n) is 17.9. The van der Waals surface area contributed by atoms with Crippen molar-refractivity contribution in [2.45, 2.75) is 32.8 Å². The van der Waals surface area contributed by atoms with Crippen molar-refractivity contribution in [2.75, 3.05) is 72.7 Å². The molecule has 0 bridgehead atoms. The minimum atomic E-state index is -0.470. The van der Waals surface area contributed by atoms with Crippen molar-refractivity contribution in [1.82, 2.24) is 0 Å². The molecule has 29 heavy (non-hydrogen) atoms. The summed E-state index contributed by atoms with van der Waals surface area (Å²) in [5.41, 5.74) is -0.470. The van der Waals surface area contributed by atoms with Gasteiger partial charge in [-0.2, -0.15) is 0 Å². The first-order valence-electron chi connectivity index (χ1n) is 9.75. The Morgan fingerprint density at radius 2 is 1.07 bits per heavy atom. The fourth-order valence-corrected chi connectivity index (χ4v) is 1.79. The molecule has 0 N–H and O–H groups in total. The molecule has 9 nitrogen and oxygen atoms in total. The lowest BCUT2D eigenvalue weighted by Gasteiger charge is -2.19. The van der Waals surface area contributed by atoms with Gasteiger partial charge in [-0.15, -0.1) is 0 Å². The molecule has 0 saturated carbocycles. The Morgan fingerprint density at radius 3 is 1.45 bits per heavy atom. The SMILES string of the molecule is C=CC(=O)OCCOCCOCCOCCOCCOCCC(=O)OC(C)(C)C. The van der Waals surface area contributed by atoms with Crippen LogP contribution >= 0.6 is 0 Å². The van der Waals surface area contributed by atoms with Gasteiger partial charge in [0.1, 0.15) is 12.2 Å². The predicted molar refractivity (Wildman–Crippen MR) is 106 cm³/mol. The number of ether oxygens (including phenoxy) is 7. The van der Waals surface area contributed by atoms with Crippen LogP contribution in [0.5, 0.6) is 0 Å². The summed E-state index contributed by atoms with van der Waals surface area (Å²) in [6.07, 6.45) is 1.34. The third-order valence-corrected chi connectivity index (χ3v) is 3.00. The van der Waals surface area contributed by atoms with Gasteiger partial charge in [0.15, 0.2) is 0 Å². The largest absolute Gasteiger partial charge is 0.460 e. The summed E-state index contributed by atoms with van der Waals surface area (Å²) in [5, 5.41) is 0. The van der Waals surface area contributed by atoms with E-state index in [-0.39, 0.29) is 19.0 Å². The van der Waals surface area contributed by atoms with Crippen molar-refractivity contribution < 1.29 is 42.7 Å². The zero-order valence-corrected chi connectivity index (χ0v) is 17.9. The monoisotopic (exact) mass is 420 g/mol. The second kappa shape index (κ2) is 18.5. The van der Waals surface area contributed by atoms with Crippen LogP contribution in [0.15, 0.2) is 12.7 Å². The quantitative estimate of drug-likeness (QED) is 0.175. The first-order chi connectivity index (χ1) is 13.8. The van der Waals surface area contributed by atoms with E-state index in [2.05, 4.69) is 6.58 Å². The fraction of sp³-hybridized carbons (Fsp3) is 0.800. The van der Waals surface area contributed by atoms with Crippen LogP contribution in [0.1, 0.15) is 27.2 Å². The van der Waals surface area contributed by atoms with Crippen molar-refractivity contribution in [3.8, 4) is 0 Å². The van der Waals surface area contributed by atoms with Crippen LogP contribution in [0.25, 0.3) is 0 Å². The molecule has 0 spiro atoms. The molecule has 9 heteroatoms. The molecule has 0 heterocycles. The molecule has 0 rings (SSSR count). The van der Waals surface area contributed by atoms with Gasteiger partial charge >= 0.3 is 11.9 Å². The topological polar surface area (TPSA) is 98.8 Å². The number of hydrogen-bond acceptors (Lipinski definition) is 9. The first kappa shape index (κ1) is 27.5. The molecule has 0 unspecified atom stereocenters. The number of esters is 2. The molecular weight excluding hydrogens is 384 g/mol. The van der Waals surface area contributed by atoms with Gasteiger partial charge in [-0.25, -0.2) is 4.79 Å². The van der Waals surface area contributed by atoms with Gasteiger partial charge in [0.25, 0.3) is 0 Å². The Bertz CT molecular complexity index is 432. The number of rotatable bonds is 19. The lowest BCUT2D eigenvalue weighted by Crippen LogP contribution is -2.24. The van der Waals surface area contributed by atoms with Crippen molar-refractivity contribution in [3.05, 3.63) is 12.7 Å². The van der Waals surface area contributed by atoms with E-state index < -0.39 is 11.6 Å². The van der Waals surface area contributed by atoms with E-state index in [0.717, 1.165) is 6.08 Å². The normalized spacial score (nSPS) is 11.3. The highest BCUT2D eigenvalue weighted by Gasteiger charge is 2.15. The van der Waals surface area contributed by atoms with Crippen LogP contribution in [0.3, 0.4) is 0 Å². The standard InChI is InChI=1S/C20H36O9/c1-5-18(21)28-17-16-27-15-14-26-13-12-25-11-10-24-9-8-23-7-6-19(22)29-20(2,3)4/h5H,1,6-17H2,2-4H3. The van der Waals surface area contributed by atoms with Gasteiger partial charge in [0.05, 0.1) is 72.5 Å². The summed E-state index contributed by atoms with van der Waals surface area (Å²) >= 11 is 0. The van der Waals surface area contributed by atoms with Gasteiger partial charge in [0.2, 0.25) is 0 Å². The van der Waals surface area contributed by atoms with Crippen LogP contribution in [0.4, 0.5) is 0 Å². The average Bonchev–Trinajstić information content (AvgIpc) is 2.65. The Kier molecular flexibility index (Phi) is 17.5. The van der Waals surface area contributed by atoms with Gasteiger partial charge in [-0.3, -0.25) is 4.79 Å². The summed E-state index contributed by atoms with van der Waals surface area (Å²) in [4.78, 5) is 22.2. The van der Waals surface area contributed by atoms with Crippen LogP contribution in [0.2, 0.25) is 0 Å². The molecular formula is C20H36O9. The Morgan fingerprint density at radius 1 is 0.690 bits per heavy atom. The van der Waals surface area contributed by atoms with E-state index in [1.165, 1.54) is 0 Å². The molecule has 0 aromatic heterocycles. The van der Waals surface area contributed by atoms with Crippen LogP contribution in [-0.4, -0.2) is 90.2 Å². The summed E-state index contributed by atoms with van der Waals surface area (Å²) in [5.74, 6) is -0.730. The Labute approximate surface area is 173 Å². The van der Waals surface area contributed by atoms with Gasteiger partial charge in [-0.1, -0.05) is 6.58 Å². The maximum atomic E-state index is 11.5. The maximum Gasteiger partial charge on any atom is 0.330 e. The third-order valence-electron chi connectivity index (χ3n) is 3.00. The fourth-order valence-electron chi connectivity index (χ4n) is 1.79. The second-order valence-corrected chi connectivity index (χ2v) is 6.77. The molecule has 0 amide bonds. The van der Waals surface area contributed by atoms with E-state index in [4.69, 9.17) is 33.2 Å². The third kappa shape index (κ3) is 22.6. The minimum Gasteiger partial charge on any atom is -0.460 e. The molecule has 0 atom stereocenters. The average molecular weight is 420 g/mol. The van der Waals surface area contributed by atoms with E-state index >= 15 is 0 Å². The lowest BCUT2D eigenvalue weighted by atomic mass is 10.2. The van der Waals surface area contributed by atoms with Crippen molar-refractivity contribution in [3.63, 3.8) is 0 Å².